The van der Waals surface area contributed by atoms with Gasteiger partial charge in [-0.1, -0.05) is 36.4 Å². The van der Waals surface area contributed by atoms with Gasteiger partial charge in [0.2, 0.25) is 0 Å². The molecule has 0 fully saturated rings. The minimum absolute atomic E-state index is 0.0961. The molecule has 1 aliphatic carbocycles. The van der Waals surface area contributed by atoms with Crippen molar-refractivity contribution in [3.05, 3.63) is 89.0 Å². The van der Waals surface area contributed by atoms with Gasteiger partial charge in [-0.3, -0.25) is 4.79 Å². The summed E-state index contributed by atoms with van der Waals surface area (Å²) in [4.78, 5) is 25.2. The van der Waals surface area contributed by atoms with Crippen LogP contribution in [0, 0.1) is 0 Å². The number of hydrogen-bond acceptors (Lipinski definition) is 3. The highest BCUT2D eigenvalue weighted by atomic mass is 19.4. The number of amides is 2. The van der Waals surface area contributed by atoms with Gasteiger partial charge < -0.3 is 15.4 Å². The zero-order valence-corrected chi connectivity index (χ0v) is 20.2. The summed E-state index contributed by atoms with van der Waals surface area (Å²) in [5, 5.41) is 5.78. The summed E-state index contributed by atoms with van der Waals surface area (Å²) in [6, 6.07) is 17.0. The van der Waals surface area contributed by atoms with Crippen LogP contribution in [-0.4, -0.2) is 23.6 Å². The molecular formula is C28H27F3N2O3. The van der Waals surface area contributed by atoms with E-state index in [1.54, 1.807) is 51.1 Å². The fourth-order valence-corrected chi connectivity index (χ4v) is 4.24. The smallest absolute Gasteiger partial charge is 0.416 e. The number of carbonyl (C=O) groups is 2. The highest BCUT2D eigenvalue weighted by Gasteiger charge is 2.30. The van der Waals surface area contributed by atoms with Gasteiger partial charge in [-0.15, -0.1) is 0 Å². The summed E-state index contributed by atoms with van der Waals surface area (Å²) in [7, 11) is 0. The van der Waals surface area contributed by atoms with Gasteiger partial charge in [0.15, 0.2) is 0 Å². The molecule has 0 saturated heterocycles. The molecule has 3 aromatic rings. The number of benzene rings is 3. The molecule has 0 bridgehead atoms. The number of fused-ring (bicyclic) bond motifs is 1. The van der Waals surface area contributed by atoms with Crippen molar-refractivity contribution >= 4 is 17.7 Å². The Morgan fingerprint density at radius 2 is 1.56 bits per heavy atom. The lowest BCUT2D eigenvalue weighted by molar-refractivity contribution is -0.137. The zero-order chi connectivity index (χ0) is 26.1. The number of alkyl carbamates (subject to hydrolysis) is 1. The zero-order valence-electron chi connectivity index (χ0n) is 20.2. The van der Waals surface area contributed by atoms with Gasteiger partial charge >= 0.3 is 12.3 Å². The van der Waals surface area contributed by atoms with Gasteiger partial charge in [-0.05, 0) is 86.2 Å². The first-order valence-corrected chi connectivity index (χ1v) is 11.6. The fourth-order valence-electron chi connectivity index (χ4n) is 4.24. The largest absolute Gasteiger partial charge is 0.444 e. The van der Waals surface area contributed by atoms with E-state index in [1.807, 2.05) is 12.1 Å². The van der Waals surface area contributed by atoms with Gasteiger partial charge in [0.25, 0.3) is 5.91 Å². The Morgan fingerprint density at radius 3 is 2.22 bits per heavy atom. The van der Waals surface area contributed by atoms with Crippen LogP contribution in [0.2, 0.25) is 0 Å². The first kappa shape index (κ1) is 25.3. The van der Waals surface area contributed by atoms with E-state index in [1.165, 1.54) is 12.1 Å². The van der Waals surface area contributed by atoms with Gasteiger partial charge in [0.1, 0.15) is 5.60 Å². The first-order valence-electron chi connectivity index (χ1n) is 11.6. The quantitative estimate of drug-likeness (QED) is 0.427. The van der Waals surface area contributed by atoms with Crippen molar-refractivity contribution in [2.75, 3.05) is 5.32 Å². The molecule has 0 aromatic heterocycles. The van der Waals surface area contributed by atoms with Crippen LogP contribution in [0.25, 0.3) is 11.1 Å². The second-order valence-corrected chi connectivity index (χ2v) is 9.81. The number of ether oxygens (including phenoxy) is 1. The molecule has 0 radical (unpaired) electrons. The van der Waals surface area contributed by atoms with Crippen LogP contribution in [0.15, 0.2) is 66.7 Å². The van der Waals surface area contributed by atoms with E-state index in [9.17, 15) is 22.8 Å². The lowest BCUT2D eigenvalue weighted by atomic mass is 9.98. The van der Waals surface area contributed by atoms with E-state index in [0.29, 0.717) is 35.2 Å². The second-order valence-electron chi connectivity index (χ2n) is 9.81. The maximum Gasteiger partial charge on any atom is 0.416 e. The predicted octanol–water partition coefficient (Wildman–Crippen LogP) is 6.62. The van der Waals surface area contributed by atoms with Gasteiger partial charge in [-0.25, -0.2) is 4.79 Å². The molecule has 1 atom stereocenters. The maximum absolute atomic E-state index is 13.1. The van der Waals surface area contributed by atoms with Crippen LogP contribution in [0.1, 0.15) is 47.8 Å². The Kier molecular flexibility index (Phi) is 6.80. The van der Waals surface area contributed by atoms with Crippen molar-refractivity contribution in [2.24, 2.45) is 0 Å². The molecule has 8 heteroatoms. The molecule has 1 aliphatic rings. The predicted molar refractivity (Wildman–Crippen MR) is 132 cm³/mol. The number of nitrogens with one attached hydrogen (secondary N) is 2. The van der Waals surface area contributed by atoms with Gasteiger partial charge in [0.05, 0.1) is 5.56 Å². The average Bonchev–Trinajstić information content (AvgIpc) is 3.18. The summed E-state index contributed by atoms with van der Waals surface area (Å²) in [5.74, 6) is -0.369. The maximum atomic E-state index is 13.1. The summed E-state index contributed by atoms with van der Waals surface area (Å²) in [6.07, 6.45) is -3.61. The minimum Gasteiger partial charge on any atom is -0.444 e. The third kappa shape index (κ3) is 6.05. The molecule has 3 aromatic carbocycles. The van der Waals surface area contributed by atoms with Crippen molar-refractivity contribution in [3.63, 3.8) is 0 Å². The molecule has 36 heavy (non-hydrogen) atoms. The van der Waals surface area contributed by atoms with E-state index >= 15 is 0 Å². The Balaban J connectivity index is 1.47. The van der Waals surface area contributed by atoms with Crippen LogP contribution in [-0.2, 0) is 23.8 Å². The third-order valence-electron chi connectivity index (χ3n) is 5.81. The lowest BCUT2D eigenvalue weighted by Crippen LogP contribution is -2.39. The summed E-state index contributed by atoms with van der Waals surface area (Å²) in [5.41, 5.74) is 2.77. The van der Waals surface area contributed by atoms with E-state index < -0.39 is 23.4 Å². The van der Waals surface area contributed by atoms with E-state index in [4.69, 9.17) is 4.74 Å². The van der Waals surface area contributed by atoms with Crippen LogP contribution >= 0.6 is 0 Å². The van der Waals surface area contributed by atoms with Crippen LogP contribution in [0.3, 0.4) is 0 Å². The molecule has 4 rings (SSSR count). The highest BCUT2D eigenvalue weighted by molar-refractivity contribution is 6.08. The van der Waals surface area contributed by atoms with E-state index in [-0.39, 0.29) is 11.9 Å². The molecule has 188 valence electrons. The molecular weight excluding hydrogens is 469 g/mol. The van der Waals surface area contributed by atoms with Crippen molar-refractivity contribution in [3.8, 4) is 11.1 Å². The van der Waals surface area contributed by atoms with Crippen molar-refractivity contribution in [1.82, 2.24) is 5.32 Å². The Hall–Kier alpha value is -3.81. The van der Waals surface area contributed by atoms with Crippen molar-refractivity contribution < 1.29 is 27.5 Å². The molecule has 0 spiro atoms. The normalized spacial score (nSPS) is 15.2. The molecule has 0 aliphatic heterocycles. The number of carbonyl (C=O) groups excluding carboxylic acids is 2. The van der Waals surface area contributed by atoms with E-state index in [0.717, 1.165) is 23.3 Å². The van der Waals surface area contributed by atoms with Crippen LogP contribution in [0.5, 0.6) is 0 Å². The Labute approximate surface area is 207 Å². The number of anilines is 1. The molecule has 0 saturated carbocycles. The second kappa shape index (κ2) is 9.68. The summed E-state index contributed by atoms with van der Waals surface area (Å²) < 4.78 is 44.1. The summed E-state index contributed by atoms with van der Waals surface area (Å²) >= 11 is 0. The first-order chi connectivity index (χ1) is 16.9. The standard InChI is InChI=1S/C28H27F3N2O3/c1-27(2,3)36-26(35)33-22-14-18-10-13-21(15-19(18)16-22)32-25(34)24-7-5-4-6-23(24)17-8-11-20(12-9-17)28(29,30)31/h4-13,15,22H,14,16H2,1-3H3,(H,32,34)(H,33,35). The Bertz CT molecular complexity index is 1280. The molecule has 2 amide bonds. The molecule has 1 unspecified atom stereocenters. The summed E-state index contributed by atoms with van der Waals surface area (Å²) in [6.45, 7) is 5.42. The van der Waals surface area contributed by atoms with Crippen LogP contribution < -0.4 is 10.6 Å². The van der Waals surface area contributed by atoms with Crippen LogP contribution in [0.4, 0.5) is 23.7 Å². The Morgan fingerprint density at radius 1 is 0.889 bits per heavy atom. The minimum atomic E-state index is -4.43. The number of hydrogen-bond donors (Lipinski definition) is 2. The fraction of sp³-hybridized carbons (Fsp3) is 0.286. The SMILES string of the molecule is CC(C)(C)OC(=O)NC1Cc2ccc(NC(=O)c3ccccc3-c3ccc(C(F)(F)F)cc3)cc2C1. The molecule has 2 N–H and O–H groups in total. The topological polar surface area (TPSA) is 67.4 Å². The van der Waals surface area contributed by atoms with Crippen molar-refractivity contribution in [2.45, 2.75) is 51.4 Å². The monoisotopic (exact) mass is 496 g/mol. The third-order valence-corrected chi connectivity index (χ3v) is 5.81. The van der Waals surface area contributed by atoms with Gasteiger partial charge in [0, 0.05) is 17.3 Å². The molecule has 0 heterocycles. The molecule has 5 nitrogen and oxygen atoms in total. The number of halogens is 3. The number of rotatable bonds is 4. The van der Waals surface area contributed by atoms with E-state index in [2.05, 4.69) is 10.6 Å². The lowest BCUT2D eigenvalue weighted by Gasteiger charge is -2.21. The average molecular weight is 497 g/mol. The van der Waals surface area contributed by atoms with Crippen molar-refractivity contribution in [1.29, 1.82) is 0 Å². The highest BCUT2D eigenvalue weighted by Crippen LogP contribution is 2.32. The van der Waals surface area contributed by atoms with Gasteiger partial charge in [-0.2, -0.15) is 13.2 Å². The number of alkyl halides is 3.